The highest BCUT2D eigenvalue weighted by atomic mass is 16.5. The van der Waals surface area contributed by atoms with Crippen LogP contribution in [0.1, 0.15) is 25.1 Å². The summed E-state index contributed by atoms with van der Waals surface area (Å²) in [5.74, 6) is 1.13. The number of anilines is 1. The number of carbonyl (C=O) groups is 1. The van der Waals surface area contributed by atoms with Gasteiger partial charge in [0.25, 0.3) is 0 Å². The van der Waals surface area contributed by atoms with Crippen LogP contribution < -0.4 is 10.1 Å². The SMILES string of the molecule is COc1cccc(-c2n[nH]c(CC(C)C)c2NC(=O)Cc2ccccc2)c1. The molecule has 1 aromatic heterocycles. The van der Waals surface area contributed by atoms with E-state index >= 15 is 0 Å². The molecule has 5 heteroatoms. The maximum atomic E-state index is 12.6. The Morgan fingerprint density at radius 3 is 2.63 bits per heavy atom. The van der Waals surface area contributed by atoms with Crippen LogP contribution in [0.2, 0.25) is 0 Å². The van der Waals surface area contributed by atoms with Gasteiger partial charge in [-0.3, -0.25) is 9.89 Å². The normalized spacial score (nSPS) is 10.8. The quantitative estimate of drug-likeness (QED) is 0.651. The van der Waals surface area contributed by atoms with E-state index in [0.717, 1.165) is 40.4 Å². The molecular weight excluding hydrogens is 338 g/mol. The van der Waals surface area contributed by atoms with E-state index in [1.165, 1.54) is 0 Å². The molecule has 27 heavy (non-hydrogen) atoms. The number of amides is 1. The monoisotopic (exact) mass is 363 g/mol. The topological polar surface area (TPSA) is 67.0 Å². The fourth-order valence-electron chi connectivity index (χ4n) is 3.01. The van der Waals surface area contributed by atoms with Crippen molar-refractivity contribution in [3.05, 3.63) is 65.9 Å². The molecule has 0 spiro atoms. The van der Waals surface area contributed by atoms with E-state index < -0.39 is 0 Å². The fourth-order valence-corrected chi connectivity index (χ4v) is 3.01. The summed E-state index contributed by atoms with van der Waals surface area (Å²) >= 11 is 0. The molecule has 0 fully saturated rings. The average Bonchev–Trinajstić information content (AvgIpc) is 3.04. The van der Waals surface area contributed by atoms with Gasteiger partial charge in [0.05, 0.1) is 24.9 Å². The van der Waals surface area contributed by atoms with Crippen LogP contribution in [0.5, 0.6) is 5.75 Å². The molecule has 0 aliphatic heterocycles. The molecule has 0 saturated carbocycles. The van der Waals surface area contributed by atoms with Crippen molar-refractivity contribution in [2.45, 2.75) is 26.7 Å². The maximum absolute atomic E-state index is 12.6. The van der Waals surface area contributed by atoms with Gasteiger partial charge in [-0.15, -0.1) is 0 Å². The van der Waals surface area contributed by atoms with Gasteiger partial charge in [-0.05, 0) is 30.0 Å². The van der Waals surface area contributed by atoms with Crippen LogP contribution in [0.3, 0.4) is 0 Å². The number of nitrogens with one attached hydrogen (secondary N) is 2. The number of hydrogen-bond donors (Lipinski definition) is 2. The largest absolute Gasteiger partial charge is 0.497 e. The molecule has 0 radical (unpaired) electrons. The molecule has 2 N–H and O–H groups in total. The van der Waals surface area contributed by atoms with E-state index in [1.807, 2.05) is 54.6 Å². The number of rotatable bonds is 7. The number of benzene rings is 2. The van der Waals surface area contributed by atoms with E-state index in [0.29, 0.717) is 12.3 Å². The van der Waals surface area contributed by atoms with Gasteiger partial charge in [0, 0.05) is 5.56 Å². The Morgan fingerprint density at radius 2 is 1.93 bits per heavy atom. The molecule has 0 aliphatic rings. The summed E-state index contributed by atoms with van der Waals surface area (Å²) in [5.41, 5.74) is 4.29. The Kier molecular flexibility index (Phi) is 5.91. The number of ether oxygens (including phenoxy) is 1. The molecule has 5 nitrogen and oxygen atoms in total. The molecule has 3 aromatic rings. The van der Waals surface area contributed by atoms with Crippen molar-refractivity contribution >= 4 is 11.6 Å². The van der Waals surface area contributed by atoms with E-state index in [1.54, 1.807) is 7.11 Å². The molecule has 0 bridgehead atoms. The van der Waals surface area contributed by atoms with Gasteiger partial charge in [-0.1, -0.05) is 56.3 Å². The van der Waals surface area contributed by atoms with Crippen molar-refractivity contribution in [2.75, 3.05) is 12.4 Å². The van der Waals surface area contributed by atoms with Crippen molar-refractivity contribution in [3.8, 4) is 17.0 Å². The minimum atomic E-state index is -0.0586. The van der Waals surface area contributed by atoms with E-state index in [9.17, 15) is 4.79 Å². The molecule has 0 atom stereocenters. The lowest BCUT2D eigenvalue weighted by Crippen LogP contribution is -2.16. The zero-order valence-electron chi connectivity index (χ0n) is 16.0. The van der Waals surface area contributed by atoms with Crippen molar-refractivity contribution in [3.63, 3.8) is 0 Å². The first-order chi connectivity index (χ1) is 13.1. The van der Waals surface area contributed by atoms with Gasteiger partial charge < -0.3 is 10.1 Å². The molecule has 1 amide bonds. The second-order valence-electron chi connectivity index (χ2n) is 6.97. The third-order valence-corrected chi connectivity index (χ3v) is 4.27. The third kappa shape index (κ3) is 4.76. The van der Waals surface area contributed by atoms with Crippen molar-refractivity contribution < 1.29 is 9.53 Å². The van der Waals surface area contributed by atoms with Crippen molar-refractivity contribution in [1.82, 2.24) is 10.2 Å². The van der Waals surface area contributed by atoms with E-state index in [-0.39, 0.29) is 5.91 Å². The number of carbonyl (C=O) groups excluding carboxylic acids is 1. The first kappa shape index (κ1) is 18.7. The molecule has 0 aliphatic carbocycles. The molecular formula is C22H25N3O2. The lowest BCUT2D eigenvalue weighted by molar-refractivity contribution is -0.115. The Morgan fingerprint density at radius 1 is 1.15 bits per heavy atom. The molecule has 1 heterocycles. The number of methoxy groups -OCH3 is 1. The Labute approximate surface area is 159 Å². The Balaban J connectivity index is 1.90. The van der Waals surface area contributed by atoms with Crippen LogP contribution in [-0.4, -0.2) is 23.2 Å². The predicted molar refractivity (Wildman–Crippen MR) is 108 cm³/mol. The van der Waals surface area contributed by atoms with Gasteiger partial charge in [-0.25, -0.2) is 0 Å². The smallest absolute Gasteiger partial charge is 0.228 e. The van der Waals surface area contributed by atoms with Crippen LogP contribution in [0.25, 0.3) is 11.3 Å². The van der Waals surface area contributed by atoms with Crippen molar-refractivity contribution in [1.29, 1.82) is 0 Å². The number of nitrogens with zero attached hydrogens (tertiary/aromatic N) is 1. The van der Waals surface area contributed by atoms with Gasteiger partial charge in [-0.2, -0.15) is 5.10 Å². The first-order valence-electron chi connectivity index (χ1n) is 9.12. The number of aromatic amines is 1. The Hall–Kier alpha value is -3.08. The van der Waals surface area contributed by atoms with Crippen molar-refractivity contribution in [2.24, 2.45) is 5.92 Å². The van der Waals surface area contributed by atoms with Crippen LogP contribution in [-0.2, 0) is 17.6 Å². The van der Waals surface area contributed by atoms with E-state index in [4.69, 9.17) is 4.74 Å². The lowest BCUT2D eigenvalue weighted by atomic mass is 10.0. The number of hydrogen-bond acceptors (Lipinski definition) is 3. The summed E-state index contributed by atoms with van der Waals surface area (Å²) in [6.07, 6.45) is 1.13. The standard InChI is InChI=1S/C22H25N3O2/c1-15(2)12-19-22(23-20(26)13-16-8-5-4-6-9-16)21(25-24-19)17-10-7-11-18(14-17)27-3/h4-11,14-15H,12-13H2,1-3H3,(H,23,26)(H,24,25). The third-order valence-electron chi connectivity index (χ3n) is 4.27. The zero-order chi connectivity index (χ0) is 19.2. The summed E-state index contributed by atoms with van der Waals surface area (Å²) in [6.45, 7) is 4.28. The predicted octanol–water partition coefficient (Wildman–Crippen LogP) is 4.47. The minimum absolute atomic E-state index is 0.0586. The lowest BCUT2D eigenvalue weighted by Gasteiger charge is -2.11. The molecule has 2 aromatic carbocycles. The van der Waals surface area contributed by atoms with Gasteiger partial charge in [0.1, 0.15) is 11.4 Å². The van der Waals surface area contributed by atoms with Crippen LogP contribution in [0, 0.1) is 5.92 Å². The van der Waals surface area contributed by atoms with Gasteiger partial charge in [0.15, 0.2) is 0 Å². The minimum Gasteiger partial charge on any atom is -0.497 e. The first-order valence-corrected chi connectivity index (χ1v) is 9.12. The molecule has 0 unspecified atom stereocenters. The highest BCUT2D eigenvalue weighted by Gasteiger charge is 2.18. The van der Waals surface area contributed by atoms with Gasteiger partial charge in [0.2, 0.25) is 5.91 Å². The number of H-pyrrole nitrogens is 1. The molecule has 140 valence electrons. The Bertz CT molecular complexity index is 901. The highest BCUT2D eigenvalue weighted by molar-refractivity contribution is 5.96. The highest BCUT2D eigenvalue weighted by Crippen LogP contribution is 2.32. The molecule has 0 saturated heterocycles. The van der Waals surface area contributed by atoms with Crippen LogP contribution in [0.4, 0.5) is 5.69 Å². The second-order valence-corrected chi connectivity index (χ2v) is 6.97. The summed E-state index contributed by atoms with van der Waals surface area (Å²) in [4.78, 5) is 12.6. The zero-order valence-corrected chi connectivity index (χ0v) is 16.0. The summed E-state index contributed by atoms with van der Waals surface area (Å²) in [5, 5.41) is 10.7. The summed E-state index contributed by atoms with van der Waals surface area (Å²) in [6, 6.07) is 17.4. The summed E-state index contributed by atoms with van der Waals surface area (Å²) < 4.78 is 5.32. The fraction of sp³-hybridized carbons (Fsp3) is 0.273. The molecule has 3 rings (SSSR count). The number of aromatic nitrogens is 2. The van der Waals surface area contributed by atoms with Gasteiger partial charge >= 0.3 is 0 Å². The second kappa shape index (κ2) is 8.54. The average molecular weight is 363 g/mol. The van der Waals surface area contributed by atoms with Crippen LogP contribution in [0.15, 0.2) is 54.6 Å². The van der Waals surface area contributed by atoms with E-state index in [2.05, 4.69) is 29.4 Å². The maximum Gasteiger partial charge on any atom is 0.228 e. The van der Waals surface area contributed by atoms with Crippen LogP contribution >= 0.6 is 0 Å². The summed E-state index contributed by atoms with van der Waals surface area (Å²) in [7, 11) is 1.64.